The zero-order valence-corrected chi connectivity index (χ0v) is 18.3. The standard InChI is InChI=1S/C24H21N7O2/c1-24(2,13-26)15-4-6-16(7-5-15)31-21-17(22(32)30-23(31)33)12-28-19-9-8-18(29-20(19)21)14(10-25)11-27-3/h4-12,25,27H,1-3H3,(H,30,32,33)/b14-11+,25-10?. The van der Waals surface area contributed by atoms with Gasteiger partial charge >= 0.3 is 5.69 Å². The number of nitriles is 1. The number of nitrogens with one attached hydrogen (secondary N) is 3. The van der Waals surface area contributed by atoms with Gasteiger partial charge in [-0.2, -0.15) is 5.26 Å². The summed E-state index contributed by atoms with van der Waals surface area (Å²) in [7, 11) is 1.72. The van der Waals surface area contributed by atoms with Crippen molar-refractivity contribution in [3.63, 3.8) is 0 Å². The molecule has 3 N–H and O–H groups in total. The molecular weight excluding hydrogens is 418 g/mol. The highest BCUT2D eigenvalue weighted by molar-refractivity contribution is 6.09. The first-order valence-electron chi connectivity index (χ1n) is 10.2. The highest BCUT2D eigenvalue weighted by Crippen LogP contribution is 2.26. The second kappa shape index (κ2) is 8.16. The fraction of sp³-hybridized carbons (Fsp3) is 0.167. The molecule has 164 valence electrons. The quantitative estimate of drug-likeness (QED) is 0.322. The van der Waals surface area contributed by atoms with E-state index in [4.69, 9.17) is 5.41 Å². The molecular formula is C24H21N7O2. The second-order valence-electron chi connectivity index (χ2n) is 8.00. The van der Waals surface area contributed by atoms with Crippen molar-refractivity contribution in [1.82, 2.24) is 24.8 Å². The van der Waals surface area contributed by atoms with E-state index in [1.54, 1.807) is 49.6 Å². The molecule has 3 heterocycles. The molecule has 0 saturated carbocycles. The summed E-state index contributed by atoms with van der Waals surface area (Å²) < 4.78 is 1.38. The molecule has 9 heteroatoms. The molecule has 1 aromatic carbocycles. The summed E-state index contributed by atoms with van der Waals surface area (Å²) in [6, 6.07) is 12.7. The Morgan fingerprint density at radius 1 is 1.21 bits per heavy atom. The number of H-pyrrole nitrogens is 1. The van der Waals surface area contributed by atoms with Gasteiger partial charge in [0.15, 0.2) is 0 Å². The lowest BCUT2D eigenvalue weighted by molar-refractivity contribution is 0.686. The summed E-state index contributed by atoms with van der Waals surface area (Å²) >= 11 is 0. The molecule has 0 aliphatic heterocycles. The summed E-state index contributed by atoms with van der Waals surface area (Å²) in [6.45, 7) is 3.63. The van der Waals surface area contributed by atoms with Gasteiger partial charge in [-0.3, -0.25) is 19.3 Å². The van der Waals surface area contributed by atoms with Gasteiger partial charge < -0.3 is 10.7 Å². The van der Waals surface area contributed by atoms with E-state index in [2.05, 4.69) is 26.3 Å². The average Bonchev–Trinajstić information content (AvgIpc) is 2.82. The summed E-state index contributed by atoms with van der Waals surface area (Å²) in [5.41, 5.74) is 1.64. The average molecular weight is 439 g/mol. The van der Waals surface area contributed by atoms with Gasteiger partial charge in [-0.15, -0.1) is 0 Å². The number of rotatable bonds is 5. The highest BCUT2D eigenvalue weighted by Gasteiger charge is 2.20. The van der Waals surface area contributed by atoms with Gasteiger partial charge in [-0.25, -0.2) is 9.78 Å². The van der Waals surface area contributed by atoms with Crippen LogP contribution in [0, 0.1) is 16.7 Å². The third kappa shape index (κ3) is 3.68. The molecule has 0 saturated heterocycles. The summed E-state index contributed by atoms with van der Waals surface area (Å²) in [5.74, 6) is 0. The Bertz CT molecular complexity index is 1590. The van der Waals surface area contributed by atoms with Crippen LogP contribution < -0.4 is 16.6 Å². The second-order valence-corrected chi connectivity index (χ2v) is 8.00. The lowest BCUT2D eigenvalue weighted by Crippen LogP contribution is -2.29. The predicted octanol–water partition coefficient (Wildman–Crippen LogP) is 2.63. The van der Waals surface area contributed by atoms with Crippen LogP contribution in [0.15, 0.2) is 58.4 Å². The normalized spacial score (nSPS) is 12.0. The molecule has 0 amide bonds. The van der Waals surface area contributed by atoms with E-state index in [0.29, 0.717) is 33.5 Å². The van der Waals surface area contributed by atoms with Gasteiger partial charge in [0, 0.05) is 31.2 Å². The maximum absolute atomic E-state index is 13.0. The molecule has 4 rings (SSSR count). The summed E-state index contributed by atoms with van der Waals surface area (Å²) in [4.78, 5) is 36.9. The minimum atomic E-state index is -0.688. The number of nitrogens with zero attached hydrogens (tertiary/aromatic N) is 4. The monoisotopic (exact) mass is 439 g/mol. The van der Waals surface area contributed by atoms with Crippen LogP contribution in [0.25, 0.3) is 33.2 Å². The van der Waals surface area contributed by atoms with Crippen molar-refractivity contribution in [2.24, 2.45) is 0 Å². The lowest BCUT2D eigenvalue weighted by Gasteiger charge is -2.17. The van der Waals surface area contributed by atoms with E-state index >= 15 is 0 Å². The van der Waals surface area contributed by atoms with Gasteiger partial charge in [-0.05, 0) is 43.7 Å². The molecule has 0 spiro atoms. The van der Waals surface area contributed by atoms with Crippen molar-refractivity contribution in [2.75, 3.05) is 7.05 Å². The molecule has 0 radical (unpaired) electrons. The number of aromatic nitrogens is 4. The van der Waals surface area contributed by atoms with Gasteiger partial charge in [-0.1, -0.05) is 12.1 Å². The number of fused-ring (bicyclic) bond motifs is 3. The largest absolute Gasteiger partial charge is 0.393 e. The minimum Gasteiger partial charge on any atom is -0.393 e. The Labute approximate surface area is 188 Å². The topological polar surface area (TPSA) is 140 Å². The number of benzene rings is 1. The van der Waals surface area contributed by atoms with E-state index in [9.17, 15) is 14.9 Å². The van der Waals surface area contributed by atoms with Crippen molar-refractivity contribution in [1.29, 1.82) is 10.7 Å². The molecule has 0 bridgehead atoms. The fourth-order valence-corrected chi connectivity index (χ4v) is 3.61. The van der Waals surface area contributed by atoms with Crippen LogP contribution in [0.5, 0.6) is 0 Å². The first kappa shape index (κ1) is 21.6. The van der Waals surface area contributed by atoms with Crippen LogP contribution in [0.1, 0.15) is 25.1 Å². The predicted molar refractivity (Wildman–Crippen MR) is 128 cm³/mol. The summed E-state index contributed by atoms with van der Waals surface area (Å²) in [5, 5.41) is 20.2. The number of pyridine rings is 2. The fourth-order valence-electron chi connectivity index (χ4n) is 3.61. The number of hydrogen-bond acceptors (Lipinski definition) is 7. The Kier molecular flexibility index (Phi) is 5.35. The number of hydrogen-bond donors (Lipinski definition) is 3. The van der Waals surface area contributed by atoms with Crippen molar-refractivity contribution in [3.05, 3.63) is 80.9 Å². The SMILES string of the molecule is CN/C=C(\C=N)c1ccc2ncc3c(=O)[nH]c(=O)n(-c4ccc(C(C)(C)C#N)cc4)c3c2n1. The maximum Gasteiger partial charge on any atom is 0.333 e. The molecule has 0 fully saturated rings. The molecule has 0 aliphatic rings. The Morgan fingerprint density at radius 2 is 1.94 bits per heavy atom. The first-order chi connectivity index (χ1) is 15.8. The Morgan fingerprint density at radius 3 is 2.58 bits per heavy atom. The van der Waals surface area contributed by atoms with E-state index in [-0.39, 0.29) is 5.39 Å². The molecule has 0 aliphatic carbocycles. The van der Waals surface area contributed by atoms with E-state index in [1.807, 2.05) is 13.8 Å². The number of aromatic amines is 1. The van der Waals surface area contributed by atoms with E-state index < -0.39 is 16.7 Å². The molecule has 3 aromatic heterocycles. The van der Waals surface area contributed by atoms with Gasteiger partial charge in [0.2, 0.25) is 0 Å². The lowest BCUT2D eigenvalue weighted by atomic mass is 9.86. The Hall–Kier alpha value is -4.58. The highest BCUT2D eigenvalue weighted by atomic mass is 16.2. The molecule has 4 aromatic rings. The molecule has 0 unspecified atom stereocenters. The Balaban J connectivity index is 2.08. The van der Waals surface area contributed by atoms with Crippen LogP contribution in [-0.4, -0.2) is 32.8 Å². The van der Waals surface area contributed by atoms with Crippen LogP contribution in [-0.2, 0) is 5.41 Å². The van der Waals surface area contributed by atoms with Crippen LogP contribution in [0.3, 0.4) is 0 Å². The van der Waals surface area contributed by atoms with Gasteiger partial charge in [0.25, 0.3) is 5.56 Å². The smallest absolute Gasteiger partial charge is 0.333 e. The van der Waals surface area contributed by atoms with Crippen LogP contribution in [0.2, 0.25) is 0 Å². The molecule has 0 atom stereocenters. The van der Waals surface area contributed by atoms with Crippen molar-refractivity contribution < 1.29 is 0 Å². The molecule has 33 heavy (non-hydrogen) atoms. The summed E-state index contributed by atoms with van der Waals surface area (Å²) in [6.07, 6.45) is 4.22. The van der Waals surface area contributed by atoms with Crippen LogP contribution in [0.4, 0.5) is 0 Å². The van der Waals surface area contributed by atoms with Gasteiger partial charge in [0.1, 0.15) is 5.52 Å². The van der Waals surface area contributed by atoms with Crippen molar-refractivity contribution in [3.8, 4) is 11.8 Å². The third-order valence-electron chi connectivity index (χ3n) is 5.46. The minimum absolute atomic E-state index is 0.210. The van der Waals surface area contributed by atoms with E-state index in [1.165, 1.54) is 17.0 Å². The molecule has 9 nitrogen and oxygen atoms in total. The van der Waals surface area contributed by atoms with Gasteiger partial charge in [0.05, 0.1) is 39.3 Å². The van der Waals surface area contributed by atoms with Crippen LogP contribution >= 0.6 is 0 Å². The van der Waals surface area contributed by atoms with Crippen molar-refractivity contribution in [2.45, 2.75) is 19.3 Å². The first-order valence-corrected chi connectivity index (χ1v) is 10.2. The van der Waals surface area contributed by atoms with E-state index in [0.717, 1.165) is 5.56 Å². The number of allylic oxidation sites excluding steroid dienone is 1. The van der Waals surface area contributed by atoms with Crippen molar-refractivity contribution >= 4 is 33.7 Å². The zero-order valence-electron chi connectivity index (χ0n) is 18.3. The maximum atomic E-state index is 13.0. The third-order valence-corrected chi connectivity index (χ3v) is 5.46. The zero-order chi connectivity index (χ0) is 23.8.